The molecule has 1 aromatic heterocycles. The molecule has 0 bridgehead atoms. The number of pyridine rings is 1. The van der Waals surface area contributed by atoms with Crippen LogP contribution in [0.4, 0.5) is 0 Å². The number of aromatic nitrogens is 1. The van der Waals surface area contributed by atoms with Gasteiger partial charge in [-0.1, -0.05) is 44.2 Å². The molecule has 0 aromatic carbocycles. The first kappa shape index (κ1) is 12.8. The monoisotopic (exact) mass is 253 g/mol. The van der Waals surface area contributed by atoms with Crippen LogP contribution in [0, 0.1) is 11.8 Å². The lowest BCUT2D eigenvalue weighted by Gasteiger charge is -2.34. The van der Waals surface area contributed by atoms with Gasteiger partial charge in [0.2, 0.25) is 0 Å². The maximum absolute atomic E-state index is 10.4. The van der Waals surface area contributed by atoms with Gasteiger partial charge in [-0.25, -0.2) is 0 Å². The highest BCUT2D eigenvalue weighted by Gasteiger charge is 2.31. The van der Waals surface area contributed by atoms with Crippen molar-refractivity contribution in [3.63, 3.8) is 0 Å². The Morgan fingerprint density at radius 2 is 2.18 bits per heavy atom. The standard InChI is InChI=1S/C14H20ClNO/c1-2-10-5-3-4-6-12(10)14(17)13-8-7-11(15)9-16-13/h7-10,12,14,17H,2-6H2,1H3. The highest BCUT2D eigenvalue weighted by molar-refractivity contribution is 6.30. The van der Waals surface area contributed by atoms with Crippen molar-refractivity contribution in [2.45, 2.75) is 45.1 Å². The minimum atomic E-state index is -0.433. The predicted molar refractivity (Wildman–Crippen MR) is 69.9 cm³/mol. The minimum absolute atomic E-state index is 0.363. The Labute approximate surface area is 108 Å². The fourth-order valence-electron chi connectivity index (χ4n) is 2.94. The number of rotatable bonds is 3. The summed E-state index contributed by atoms with van der Waals surface area (Å²) in [6.07, 6.45) is 7.22. The SMILES string of the molecule is CCC1CCCCC1C(O)c1ccc(Cl)cn1. The third-order valence-corrected chi connectivity index (χ3v) is 4.17. The van der Waals surface area contributed by atoms with Crippen molar-refractivity contribution >= 4 is 11.6 Å². The number of halogens is 1. The topological polar surface area (TPSA) is 33.1 Å². The van der Waals surface area contributed by atoms with Crippen LogP contribution in [0.5, 0.6) is 0 Å². The Balaban J connectivity index is 2.12. The molecule has 3 heteroatoms. The average Bonchev–Trinajstić information content (AvgIpc) is 2.39. The second-order valence-electron chi connectivity index (χ2n) is 4.96. The zero-order valence-corrected chi connectivity index (χ0v) is 11.0. The largest absolute Gasteiger partial charge is 0.387 e. The molecule has 1 aliphatic rings. The molecule has 0 radical (unpaired) electrons. The molecule has 2 rings (SSSR count). The minimum Gasteiger partial charge on any atom is -0.387 e. The summed E-state index contributed by atoms with van der Waals surface area (Å²) in [6, 6.07) is 3.64. The first-order valence-corrected chi connectivity index (χ1v) is 6.89. The Kier molecular flexibility index (Phi) is 4.41. The molecule has 1 heterocycles. The van der Waals surface area contributed by atoms with Crippen molar-refractivity contribution in [3.05, 3.63) is 29.0 Å². The summed E-state index contributed by atoms with van der Waals surface area (Å²) in [5, 5.41) is 11.1. The van der Waals surface area contributed by atoms with Gasteiger partial charge >= 0.3 is 0 Å². The van der Waals surface area contributed by atoms with Gasteiger partial charge in [-0.2, -0.15) is 0 Å². The van der Waals surface area contributed by atoms with Crippen LogP contribution in [0.3, 0.4) is 0 Å². The van der Waals surface area contributed by atoms with E-state index >= 15 is 0 Å². The predicted octanol–water partition coefficient (Wildman–Crippen LogP) is 3.98. The van der Waals surface area contributed by atoms with Crippen molar-refractivity contribution in [2.75, 3.05) is 0 Å². The highest BCUT2D eigenvalue weighted by Crippen LogP contribution is 2.39. The van der Waals surface area contributed by atoms with Crippen molar-refractivity contribution in [1.82, 2.24) is 4.98 Å². The van der Waals surface area contributed by atoms with Gasteiger partial charge in [0.05, 0.1) is 16.8 Å². The van der Waals surface area contributed by atoms with Gasteiger partial charge in [-0.05, 0) is 30.4 Å². The summed E-state index contributed by atoms with van der Waals surface area (Å²) in [7, 11) is 0. The first-order valence-electron chi connectivity index (χ1n) is 6.52. The smallest absolute Gasteiger partial charge is 0.0990 e. The fourth-order valence-corrected chi connectivity index (χ4v) is 3.05. The number of aliphatic hydroxyl groups is 1. The van der Waals surface area contributed by atoms with Crippen molar-refractivity contribution in [3.8, 4) is 0 Å². The molecule has 1 aromatic rings. The van der Waals surface area contributed by atoms with Gasteiger partial charge in [-0.3, -0.25) is 4.98 Å². The molecule has 1 saturated carbocycles. The summed E-state index contributed by atoms with van der Waals surface area (Å²) in [5.41, 5.74) is 0.764. The summed E-state index contributed by atoms with van der Waals surface area (Å²) in [5.74, 6) is 0.999. The molecule has 0 amide bonds. The Hall–Kier alpha value is -0.600. The van der Waals surface area contributed by atoms with Gasteiger partial charge < -0.3 is 5.11 Å². The first-order chi connectivity index (χ1) is 8.22. The molecule has 3 atom stereocenters. The van der Waals surface area contributed by atoms with Crippen molar-refractivity contribution in [1.29, 1.82) is 0 Å². The molecule has 17 heavy (non-hydrogen) atoms. The van der Waals surface area contributed by atoms with Crippen LogP contribution in [-0.4, -0.2) is 10.1 Å². The van der Waals surface area contributed by atoms with Crippen LogP contribution < -0.4 is 0 Å². The van der Waals surface area contributed by atoms with E-state index in [-0.39, 0.29) is 0 Å². The van der Waals surface area contributed by atoms with E-state index < -0.39 is 6.10 Å². The van der Waals surface area contributed by atoms with Gasteiger partial charge in [0, 0.05) is 6.20 Å². The van der Waals surface area contributed by atoms with E-state index in [1.54, 1.807) is 12.3 Å². The molecule has 1 aliphatic carbocycles. The van der Waals surface area contributed by atoms with Crippen molar-refractivity contribution < 1.29 is 5.11 Å². The number of hydrogen-bond donors (Lipinski definition) is 1. The maximum atomic E-state index is 10.4. The average molecular weight is 254 g/mol. The van der Waals surface area contributed by atoms with E-state index in [0.717, 1.165) is 18.5 Å². The van der Waals surface area contributed by atoms with Gasteiger partial charge in [0.15, 0.2) is 0 Å². The maximum Gasteiger partial charge on any atom is 0.0990 e. The van der Waals surface area contributed by atoms with E-state index in [9.17, 15) is 5.11 Å². The second kappa shape index (κ2) is 5.83. The molecular weight excluding hydrogens is 234 g/mol. The second-order valence-corrected chi connectivity index (χ2v) is 5.40. The van der Waals surface area contributed by atoms with E-state index in [0.29, 0.717) is 16.9 Å². The van der Waals surface area contributed by atoms with Crippen LogP contribution in [0.25, 0.3) is 0 Å². The summed E-state index contributed by atoms with van der Waals surface area (Å²) >= 11 is 5.81. The van der Waals surface area contributed by atoms with Gasteiger partial charge in [-0.15, -0.1) is 0 Å². The molecule has 2 nitrogen and oxygen atoms in total. The number of nitrogens with zero attached hydrogens (tertiary/aromatic N) is 1. The lowest BCUT2D eigenvalue weighted by atomic mass is 9.74. The Bertz CT molecular complexity index is 352. The molecule has 1 fully saturated rings. The van der Waals surface area contributed by atoms with Crippen LogP contribution in [0.2, 0.25) is 5.02 Å². The van der Waals surface area contributed by atoms with Crippen LogP contribution in [-0.2, 0) is 0 Å². The van der Waals surface area contributed by atoms with Crippen LogP contribution in [0.15, 0.2) is 18.3 Å². The number of aliphatic hydroxyl groups excluding tert-OH is 1. The quantitative estimate of drug-likeness (QED) is 0.884. The van der Waals surface area contributed by atoms with E-state index in [1.165, 1.54) is 19.3 Å². The fraction of sp³-hybridized carbons (Fsp3) is 0.643. The molecule has 0 aliphatic heterocycles. The zero-order chi connectivity index (χ0) is 12.3. The van der Waals surface area contributed by atoms with Crippen molar-refractivity contribution in [2.24, 2.45) is 11.8 Å². The van der Waals surface area contributed by atoms with Crippen LogP contribution >= 0.6 is 11.6 Å². The molecule has 94 valence electrons. The molecule has 1 N–H and O–H groups in total. The summed E-state index contributed by atoms with van der Waals surface area (Å²) < 4.78 is 0. The molecular formula is C14H20ClNO. The Morgan fingerprint density at radius 1 is 1.41 bits per heavy atom. The normalized spacial score (nSPS) is 26.8. The van der Waals surface area contributed by atoms with E-state index in [1.807, 2.05) is 6.07 Å². The van der Waals surface area contributed by atoms with Crippen LogP contribution in [0.1, 0.15) is 50.8 Å². The van der Waals surface area contributed by atoms with Gasteiger partial charge in [0.25, 0.3) is 0 Å². The summed E-state index contributed by atoms with van der Waals surface area (Å²) in [6.45, 7) is 2.21. The third-order valence-electron chi connectivity index (χ3n) is 3.95. The lowest BCUT2D eigenvalue weighted by Crippen LogP contribution is -2.25. The third kappa shape index (κ3) is 2.99. The molecule has 0 spiro atoms. The number of hydrogen-bond acceptors (Lipinski definition) is 2. The molecule has 0 saturated heterocycles. The zero-order valence-electron chi connectivity index (χ0n) is 10.3. The highest BCUT2D eigenvalue weighted by atomic mass is 35.5. The summed E-state index contributed by atoms with van der Waals surface area (Å²) in [4.78, 5) is 4.24. The van der Waals surface area contributed by atoms with E-state index in [2.05, 4.69) is 11.9 Å². The Morgan fingerprint density at radius 3 is 2.82 bits per heavy atom. The van der Waals surface area contributed by atoms with Gasteiger partial charge in [0.1, 0.15) is 0 Å². The van der Waals surface area contributed by atoms with E-state index in [4.69, 9.17) is 11.6 Å². The molecule has 3 unspecified atom stereocenters. The lowest BCUT2D eigenvalue weighted by molar-refractivity contribution is 0.0422.